The number of ether oxygens (including phenoxy) is 1. The number of anilines is 1. The van der Waals surface area contributed by atoms with Crippen LogP contribution in [0.15, 0.2) is 42.5 Å². The molecule has 25 heavy (non-hydrogen) atoms. The molecule has 0 unspecified atom stereocenters. The van der Waals surface area contributed by atoms with Crippen LogP contribution < -0.4 is 15.4 Å². The van der Waals surface area contributed by atoms with Crippen LogP contribution in [0, 0.1) is 6.92 Å². The summed E-state index contributed by atoms with van der Waals surface area (Å²) in [5, 5.41) is 6.40. The second kappa shape index (κ2) is 8.56. The van der Waals surface area contributed by atoms with Gasteiger partial charge in [-0.1, -0.05) is 19.1 Å². The molecule has 4 heteroatoms. The Bertz CT molecular complexity index is 708. The van der Waals surface area contributed by atoms with Crippen LogP contribution in [-0.2, 0) is 0 Å². The molecule has 2 aromatic carbocycles. The lowest BCUT2D eigenvalue weighted by Gasteiger charge is -2.17. The predicted molar refractivity (Wildman–Crippen MR) is 104 cm³/mol. The molecule has 4 nitrogen and oxygen atoms in total. The van der Waals surface area contributed by atoms with Crippen molar-refractivity contribution in [3.05, 3.63) is 59.2 Å². The van der Waals surface area contributed by atoms with Crippen molar-refractivity contribution >= 4 is 11.6 Å². The smallest absolute Gasteiger partial charge is 0.251 e. The molecule has 0 fully saturated rings. The minimum Gasteiger partial charge on any atom is -0.497 e. The zero-order valence-corrected chi connectivity index (χ0v) is 15.7. The maximum absolute atomic E-state index is 12.1. The molecule has 0 radical (unpaired) electrons. The van der Waals surface area contributed by atoms with E-state index in [-0.39, 0.29) is 11.9 Å². The van der Waals surface area contributed by atoms with Crippen molar-refractivity contribution in [2.24, 2.45) is 0 Å². The maximum Gasteiger partial charge on any atom is 0.251 e. The molecule has 0 spiro atoms. The second-order valence-electron chi connectivity index (χ2n) is 6.71. The van der Waals surface area contributed by atoms with Gasteiger partial charge < -0.3 is 15.4 Å². The molecule has 0 saturated carbocycles. The van der Waals surface area contributed by atoms with E-state index in [1.165, 1.54) is 5.56 Å². The van der Waals surface area contributed by atoms with E-state index >= 15 is 0 Å². The van der Waals surface area contributed by atoms with Gasteiger partial charge in [-0.15, -0.1) is 0 Å². The van der Waals surface area contributed by atoms with Crippen LogP contribution in [0.4, 0.5) is 5.69 Å². The number of hydrogen-bond acceptors (Lipinski definition) is 3. The van der Waals surface area contributed by atoms with Gasteiger partial charge in [0.1, 0.15) is 5.75 Å². The van der Waals surface area contributed by atoms with Crippen LogP contribution in [-0.4, -0.2) is 25.6 Å². The average molecular weight is 340 g/mol. The Kier molecular flexibility index (Phi) is 6.45. The third-order valence-corrected chi connectivity index (χ3v) is 4.19. The zero-order valence-electron chi connectivity index (χ0n) is 15.7. The molecular formula is C21H28N2O2. The van der Waals surface area contributed by atoms with E-state index in [4.69, 9.17) is 4.74 Å². The number of rotatable bonds is 7. The molecule has 1 amide bonds. The second-order valence-corrected chi connectivity index (χ2v) is 6.71. The molecule has 0 aromatic heterocycles. The van der Waals surface area contributed by atoms with E-state index in [9.17, 15) is 4.79 Å². The fourth-order valence-electron chi connectivity index (χ4n) is 2.66. The Labute approximate surface area is 150 Å². The van der Waals surface area contributed by atoms with Gasteiger partial charge >= 0.3 is 0 Å². The summed E-state index contributed by atoms with van der Waals surface area (Å²) in [5.41, 5.74) is 4.08. The van der Waals surface area contributed by atoms with Gasteiger partial charge in [0.25, 0.3) is 5.91 Å². The molecule has 1 atom stereocenters. The molecule has 2 aromatic rings. The number of methoxy groups -OCH3 is 1. The predicted octanol–water partition coefficient (Wildman–Crippen LogP) is 4.36. The van der Waals surface area contributed by atoms with Crippen LogP contribution >= 0.6 is 0 Å². The normalized spacial score (nSPS) is 11.9. The lowest BCUT2D eigenvalue weighted by atomic mass is 10.0. The molecule has 0 saturated heterocycles. The molecule has 0 bridgehead atoms. The molecule has 0 heterocycles. The summed E-state index contributed by atoms with van der Waals surface area (Å²) in [6, 6.07) is 14.1. The third kappa shape index (κ3) is 5.24. The molecule has 2 N–H and O–H groups in total. The number of carbonyl (C=O) groups excluding carboxylic acids is 1. The van der Waals surface area contributed by atoms with Crippen molar-refractivity contribution in [2.45, 2.75) is 39.7 Å². The van der Waals surface area contributed by atoms with E-state index in [1.807, 2.05) is 51.1 Å². The van der Waals surface area contributed by atoms with Gasteiger partial charge in [0.2, 0.25) is 0 Å². The quantitative estimate of drug-likeness (QED) is 0.787. The minimum atomic E-state index is -0.0312. The van der Waals surface area contributed by atoms with E-state index in [0.717, 1.165) is 23.5 Å². The van der Waals surface area contributed by atoms with Gasteiger partial charge in [0.15, 0.2) is 0 Å². The van der Waals surface area contributed by atoms with Crippen LogP contribution in [0.25, 0.3) is 0 Å². The Morgan fingerprint density at radius 3 is 2.32 bits per heavy atom. The Hall–Kier alpha value is -2.49. The first kappa shape index (κ1) is 18.8. The minimum absolute atomic E-state index is 0.0312. The van der Waals surface area contributed by atoms with E-state index in [0.29, 0.717) is 11.5 Å². The van der Waals surface area contributed by atoms with Crippen molar-refractivity contribution in [1.82, 2.24) is 5.32 Å². The Morgan fingerprint density at radius 2 is 1.76 bits per heavy atom. The van der Waals surface area contributed by atoms with Crippen LogP contribution in [0.2, 0.25) is 0 Å². The first-order chi connectivity index (χ1) is 11.9. The van der Waals surface area contributed by atoms with E-state index < -0.39 is 0 Å². The maximum atomic E-state index is 12.1. The average Bonchev–Trinajstić information content (AvgIpc) is 2.59. The molecule has 134 valence electrons. The summed E-state index contributed by atoms with van der Waals surface area (Å²) in [4.78, 5) is 12.1. The molecule has 0 aliphatic heterocycles. The van der Waals surface area contributed by atoms with E-state index in [2.05, 4.69) is 29.7 Å². The van der Waals surface area contributed by atoms with Gasteiger partial charge in [0, 0.05) is 23.8 Å². The fourth-order valence-corrected chi connectivity index (χ4v) is 2.66. The van der Waals surface area contributed by atoms with Gasteiger partial charge in [-0.2, -0.15) is 0 Å². The van der Waals surface area contributed by atoms with E-state index in [1.54, 1.807) is 7.11 Å². The highest BCUT2D eigenvalue weighted by Gasteiger charge is 2.10. The summed E-state index contributed by atoms with van der Waals surface area (Å²) >= 11 is 0. The standard InChI is InChI=1S/C21H28N2O2/c1-14(2)23-21(24)18-8-11-20(15(3)12-18)22-13-16(4)17-6-9-19(25-5)10-7-17/h6-12,14,16,22H,13H2,1-5H3,(H,23,24)/t16-/m1/s1. The molecule has 0 aliphatic carbocycles. The van der Waals surface area contributed by atoms with Gasteiger partial charge in [0.05, 0.1) is 7.11 Å². The highest BCUT2D eigenvalue weighted by atomic mass is 16.5. The SMILES string of the molecule is COc1ccc([C@H](C)CNc2ccc(C(=O)NC(C)C)cc2C)cc1. The first-order valence-electron chi connectivity index (χ1n) is 8.70. The highest BCUT2D eigenvalue weighted by molar-refractivity contribution is 5.95. The number of nitrogens with one attached hydrogen (secondary N) is 2. The monoisotopic (exact) mass is 340 g/mol. The third-order valence-electron chi connectivity index (χ3n) is 4.19. The molecular weight excluding hydrogens is 312 g/mol. The topological polar surface area (TPSA) is 50.4 Å². The zero-order chi connectivity index (χ0) is 18.4. The van der Waals surface area contributed by atoms with Crippen molar-refractivity contribution in [3.63, 3.8) is 0 Å². The van der Waals surface area contributed by atoms with Crippen LogP contribution in [0.5, 0.6) is 5.75 Å². The molecule has 2 rings (SSSR count). The fraction of sp³-hybridized carbons (Fsp3) is 0.381. The lowest BCUT2D eigenvalue weighted by Crippen LogP contribution is -2.30. The van der Waals surface area contributed by atoms with Gasteiger partial charge in [-0.25, -0.2) is 0 Å². The molecule has 0 aliphatic rings. The lowest BCUT2D eigenvalue weighted by molar-refractivity contribution is 0.0943. The Morgan fingerprint density at radius 1 is 1.08 bits per heavy atom. The number of amides is 1. The van der Waals surface area contributed by atoms with Crippen molar-refractivity contribution in [1.29, 1.82) is 0 Å². The summed E-state index contributed by atoms with van der Waals surface area (Å²) in [6.07, 6.45) is 0. The highest BCUT2D eigenvalue weighted by Crippen LogP contribution is 2.22. The van der Waals surface area contributed by atoms with Crippen LogP contribution in [0.1, 0.15) is 48.2 Å². The summed E-state index contributed by atoms with van der Waals surface area (Å²) in [5.74, 6) is 1.21. The largest absolute Gasteiger partial charge is 0.497 e. The number of aryl methyl sites for hydroxylation is 1. The van der Waals surface area contributed by atoms with Crippen molar-refractivity contribution < 1.29 is 9.53 Å². The van der Waals surface area contributed by atoms with Crippen molar-refractivity contribution in [3.8, 4) is 5.75 Å². The first-order valence-corrected chi connectivity index (χ1v) is 8.70. The Balaban J connectivity index is 1.99. The van der Waals surface area contributed by atoms with Gasteiger partial charge in [-0.3, -0.25) is 4.79 Å². The summed E-state index contributed by atoms with van der Waals surface area (Å²) < 4.78 is 5.20. The van der Waals surface area contributed by atoms with Crippen LogP contribution in [0.3, 0.4) is 0 Å². The van der Waals surface area contributed by atoms with Gasteiger partial charge in [-0.05, 0) is 68.1 Å². The number of carbonyl (C=O) groups is 1. The number of hydrogen-bond donors (Lipinski definition) is 2. The van der Waals surface area contributed by atoms with Crippen molar-refractivity contribution in [2.75, 3.05) is 19.0 Å². The summed E-state index contributed by atoms with van der Waals surface area (Å²) in [6.45, 7) is 8.95. The summed E-state index contributed by atoms with van der Waals surface area (Å²) in [7, 11) is 1.67. The number of benzene rings is 2.